The van der Waals surface area contributed by atoms with E-state index in [0.717, 1.165) is 0 Å². The largest absolute Gasteiger partial charge is 0.507 e. The number of hydrazine groups is 1. The number of phenols is 1. The van der Waals surface area contributed by atoms with E-state index in [-0.39, 0.29) is 17.1 Å². The van der Waals surface area contributed by atoms with Gasteiger partial charge in [0.25, 0.3) is 0 Å². The summed E-state index contributed by atoms with van der Waals surface area (Å²) in [7, 11) is 0. The smallest absolute Gasteiger partial charge is 0.163 e. The van der Waals surface area contributed by atoms with Crippen LogP contribution in [0.1, 0.15) is 17.3 Å². The number of rotatable bonds is 2. The molecule has 0 aliphatic heterocycles. The van der Waals surface area contributed by atoms with Gasteiger partial charge in [0.2, 0.25) is 0 Å². The summed E-state index contributed by atoms with van der Waals surface area (Å²) in [6.45, 7) is 1.38. The van der Waals surface area contributed by atoms with Gasteiger partial charge in [0.1, 0.15) is 5.75 Å². The highest BCUT2D eigenvalue weighted by molar-refractivity contribution is 5.97. The van der Waals surface area contributed by atoms with Crippen LogP contribution in [-0.2, 0) is 0 Å². The van der Waals surface area contributed by atoms with E-state index in [1.54, 1.807) is 6.07 Å². The van der Waals surface area contributed by atoms with E-state index in [1.165, 1.54) is 19.1 Å². The number of carbonyl (C=O) groups excluding carboxylic acids is 1. The number of hydrogen-bond acceptors (Lipinski definition) is 4. The molecule has 0 saturated heterocycles. The SMILES string of the molecule is CC(=O)c1cc(NN)ccc1O. The predicted octanol–water partition coefficient (Wildman–Crippen LogP) is 0.880. The quantitative estimate of drug-likeness (QED) is 0.264. The number of hydrogen-bond donors (Lipinski definition) is 3. The average molecular weight is 166 g/mol. The standard InChI is InChI=1S/C8H10N2O2/c1-5(11)7-4-6(10-9)2-3-8(7)12/h2-4,10,12H,9H2,1H3. The van der Waals surface area contributed by atoms with E-state index in [4.69, 9.17) is 5.84 Å². The molecule has 0 radical (unpaired) electrons. The molecule has 0 aliphatic carbocycles. The number of nitrogens with one attached hydrogen (secondary N) is 1. The van der Waals surface area contributed by atoms with Crippen LogP contribution < -0.4 is 11.3 Å². The van der Waals surface area contributed by atoms with Crippen molar-refractivity contribution in [1.29, 1.82) is 0 Å². The highest BCUT2D eigenvalue weighted by Gasteiger charge is 2.05. The summed E-state index contributed by atoms with van der Waals surface area (Å²) in [4.78, 5) is 10.9. The summed E-state index contributed by atoms with van der Waals surface area (Å²) in [6.07, 6.45) is 0. The van der Waals surface area contributed by atoms with E-state index in [2.05, 4.69) is 5.43 Å². The van der Waals surface area contributed by atoms with Crippen LogP contribution in [0.5, 0.6) is 5.75 Å². The van der Waals surface area contributed by atoms with Crippen molar-refractivity contribution < 1.29 is 9.90 Å². The second-order valence-electron chi connectivity index (χ2n) is 2.43. The van der Waals surface area contributed by atoms with Gasteiger partial charge in [0, 0.05) is 5.69 Å². The fraction of sp³-hybridized carbons (Fsp3) is 0.125. The lowest BCUT2D eigenvalue weighted by atomic mass is 10.1. The van der Waals surface area contributed by atoms with E-state index in [0.29, 0.717) is 5.69 Å². The minimum atomic E-state index is -0.190. The highest BCUT2D eigenvalue weighted by Crippen LogP contribution is 2.20. The van der Waals surface area contributed by atoms with Gasteiger partial charge in [-0.25, -0.2) is 0 Å². The monoisotopic (exact) mass is 166 g/mol. The van der Waals surface area contributed by atoms with Crippen LogP contribution in [-0.4, -0.2) is 10.9 Å². The van der Waals surface area contributed by atoms with Crippen LogP contribution in [0.25, 0.3) is 0 Å². The van der Waals surface area contributed by atoms with Crippen molar-refractivity contribution in [3.05, 3.63) is 23.8 Å². The Morgan fingerprint density at radius 1 is 1.58 bits per heavy atom. The molecule has 1 rings (SSSR count). The molecule has 12 heavy (non-hydrogen) atoms. The van der Waals surface area contributed by atoms with Gasteiger partial charge in [0.05, 0.1) is 5.56 Å². The average Bonchev–Trinajstić information content (AvgIpc) is 2.05. The Kier molecular flexibility index (Phi) is 2.30. The first-order valence-corrected chi connectivity index (χ1v) is 3.45. The zero-order valence-electron chi connectivity index (χ0n) is 6.66. The third-order valence-corrected chi connectivity index (χ3v) is 1.54. The molecule has 0 fully saturated rings. The van der Waals surface area contributed by atoms with Crippen LogP contribution >= 0.6 is 0 Å². The van der Waals surface area contributed by atoms with E-state index in [1.807, 2.05) is 0 Å². The lowest BCUT2D eigenvalue weighted by Crippen LogP contribution is -2.07. The minimum Gasteiger partial charge on any atom is -0.507 e. The number of nitrogens with two attached hydrogens (primary N) is 1. The molecular formula is C8H10N2O2. The first-order chi connectivity index (χ1) is 5.65. The molecule has 1 aromatic carbocycles. The first kappa shape index (κ1) is 8.55. The molecule has 0 bridgehead atoms. The summed E-state index contributed by atoms with van der Waals surface area (Å²) >= 11 is 0. The van der Waals surface area contributed by atoms with Crippen molar-refractivity contribution in [2.75, 3.05) is 5.43 Å². The summed E-state index contributed by atoms with van der Waals surface area (Å²) in [5.41, 5.74) is 3.25. The molecule has 0 spiro atoms. The van der Waals surface area contributed by atoms with E-state index in [9.17, 15) is 9.90 Å². The molecule has 0 atom stereocenters. The van der Waals surface area contributed by atoms with Crippen molar-refractivity contribution in [2.45, 2.75) is 6.92 Å². The van der Waals surface area contributed by atoms with Gasteiger partial charge in [-0.05, 0) is 25.1 Å². The number of benzene rings is 1. The van der Waals surface area contributed by atoms with Crippen LogP contribution in [0, 0.1) is 0 Å². The molecule has 0 aromatic heterocycles. The predicted molar refractivity (Wildman–Crippen MR) is 45.9 cm³/mol. The number of carbonyl (C=O) groups is 1. The number of nitrogen functional groups attached to an aromatic ring is 1. The molecular weight excluding hydrogens is 156 g/mol. The van der Waals surface area contributed by atoms with Crippen molar-refractivity contribution >= 4 is 11.5 Å². The molecule has 4 N–H and O–H groups in total. The number of aromatic hydroxyl groups is 1. The summed E-state index contributed by atoms with van der Waals surface area (Å²) in [6, 6.07) is 4.51. The number of phenolic OH excluding ortho intramolecular Hbond substituents is 1. The normalized spacial score (nSPS) is 9.50. The zero-order chi connectivity index (χ0) is 9.14. The third-order valence-electron chi connectivity index (χ3n) is 1.54. The molecule has 1 aromatic rings. The lowest BCUT2D eigenvalue weighted by Gasteiger charge is -2.03. The summed E-state index contributed by atoms with van der Waals surface area (Å²) in [5.74, 6) is 4.91. The highest BCUT2D eigenvalue weighted by atomic mass is 16.3. The van der Waals surface area contributed by atoms with Crippen molar-refractivity contribution in [2.24, 2.45) is 5.84 Å². The van der Waals surface area contributed by atoms with E-state index < -0.39 is 0 Å². The second-order valence-corrected chi connectivity index (χ2v) is 2.43. The summed E-state index contributed by atoms with van der Waals surface area (Å²) in [5, 5.41) is 9.21. The van der Waals surface area contributed by atoms with Gasteiger partial charge >= 0.3 is 0 Å². The maximum absolute atomic E-state index is 10.9. The molecule has 0 saturated carbocycles. The van der Waals surface area contributed by atoms with Gasteiger partial charge in [-0.1, -0.05) is 0 Å². The Bertz CT molecular complexity index is 310. The topological polar surface area (TPSA) is 75.4 Å². The van der Waals surface area contributed by atoms with Crippen molar-refractivity contribution in [3.63, 3.8) is 0 Å². The second kappa shape index (κ2) is 3.23. The van der Waals surface area contributed by atoms with E-state index >= 15 is 0 Å². The fourth-order valence-electron chi connectivity index (χ4n) is 0.908. The van der Waals surface area contributed by atoms with Gasteiger partial charge < -0.3 is 10.5 Å². The van der Waals surface area contributed by atoms with Gasteiger partial charge in [0.15, 0.2) is 5.78 Å². The molecule has 0 unspecified atom stereocenters. The number of Topliss-reactive ketones (excluding diaryl/α,β-unsaturated/α-hetero) is 1. The number of ketones is 1. The molecule has 0 heterocycles. The van der Waals surface area contributed by atoms with Gasteiger partial charge in [-0.3, -0.25) is 10.6 Å². The first-order valence-electron chi connectivity index (χ1n) is 3.45. The maximum atomic E-state index is 10.9. The molecule has 64 valence electrons. The molecule has 4 nitrogen and oxygen atoms in total. The Hall–Kier alpha value is -1.55. The Morgan fingerprint density at radius 2 is 2.25 bits per heavy atom. The molecule has 0 amide bonds. The number of anilines is 1. The van der Waals surface area contributed by atoms with Gasteiger partial charge in [-0.2, -0.15) is 0 Å². The zero-order valence-corrected chi connectivity index (χ0v) is 6.66. The molecule has 0 aliphatic rings. The Labute approximate surface area is 70.0 Å². The third kappa shape index (κ3) is 1.54. The Morgan fingerprint density at radius 3 is 2.75 bits per heavy atom. The van der Waals surface area contributed by atoms with Crippen LogP contribution in [0.4, 0.5) is 5.69 Å². The Balaban J connectivity index is 3.17. The van der Waals surface area contributed by atoms with Crippen LogP contribution in [0.2, 0.25) is 0 Å². The van der Waals surface area contributed by atoms with Gasteiger partial charge in [-0.15, -0.1) is 0 Å². The fourth-order valence-corrected chi connectivity index (χ4v) is 0.908. The molecule has 4 heteroatoms. The van der Waals surface area contributed by atoms with Crippen LogP contribution in [0.15, 0.2) is 18.2 Å². The maximum Gasteiger partial charge on any atom is 0.163 e. The van der Waals surface area contributed by atoms with Crippen LogP contribution in [0.3, 0.4) is 0 Å². The minimum absolute atomic E-state index is 0.0264. The summed E-state index contributed by atoms with van der Waals surface area (Å²) < 4.78 is 0. The lowest BCUT2D eigenvalue weighted by molar-refractivity contribution is 0.101. The van der Waals surface area contributed by atoms with Crippen molar-refractivity contribution in [3.8, 4) is 5.75 Å². The van der Waals surface area contributed by atoms with Crippen molar-refractivity contribution in [1.82, 2.24) is 0 Å².